The fourth-order valence-corrected chi connectivity index (χ4v) is 1.84. The third-order valence-corrected chi connectivity index (χ3v) is 3.94. The normalized spacial score (nSPS) is 10.7. The van der Waals surface area contributed by atoms with E-state index in [0.717, 1.165) is 0 Å². The van der Waals surface area contributed by atoms with E-state index in [4.69, 9.17) is 38.3 Å². The minimum atomic E-state index is -0.882. The molecule has 0 saturated heterocycles. The average molecular weight is 559 g/mol. The summed E-state index contributed by atoms with van der Waals surface area (Å²) in [5, 5.41) is 8.89. The van der Waals surface area contributed by atoms with E-state index in [9.17, 15) is 19.2 Å². The third kappa shape index (κ3) is 23.5. The van der Waals surface area contributed by atoms with Crippen LogP contribution in [0.1, 0.15) is 27.7 Å². The summed E-state index contributed by atoms with van der Waals surface area (Å²) in [4.78, 5) is 44.2. The molecule has 0 heterocycles. The van der Waals surface area contributed by atoms with Crippen molar-refractivity contribution < 1.29 is 57.4 Å². The molecule has 0 radical (unpaired) electrons. The Morgan fingerprint density at radius 2 is 0.846 bits per heavy atom. The van der Waals surface area contributed by atoms with E-state index in [-0.39, 0.29) is 31.0 Å². The molecule has 0 spiro atoms. The highest BCUT2D eigenvalue weighted by Gasteiger charge is 2.16. The van der Waals surface area contributed by atoms with E-state index in [1.54, 1.807) is 13.8 Å². The Labute approximate surface area is 230 Å². The lowest BCUT2D eigenvalue weighted by molar-refractivity contribution is -0.156. The van der Waals surface area contributed by atoms with Crippen molar-refractivity contribution in [2.75, 3.05) is 66.1 Å². The average Bonchev–Trinajstić information content (AvgIpc) is 2.88. The Hall–Kier alpha value is -3.32. The summed E-state index contributed by atoms with van der Waals surface area (Å²) in [6.07, 6.45) is -0.882. The van der Waals surface area contributed by atoms with Gasteiger partial charge in [-0.05, 0) is 27.7 Å². The molecule has 0 fully saturated rings. The number of aliphatic hydroxyl groups is 1. The molecule has 0 rings (SSSR count). The maximum Gasteiger partial charge on any atom is 0.333 e. The molecule has 0 saturated carbocycles. The van der Waals surface area contributed by atoms with Gasteiger partial charge in [0.05, 0.1) is 46.2 Å². The summed E-state index contributed by atoms with van der Waals surface area (Å²) < 4.78 is 34.9. The molecule has 0 aromatic rings. The highest BCUT2D eigenvalue weighted by atomic mass is 16.6. The lowest BCUT2D eigenvalue weighted by Gasteiger charge is -2.15. The van der Waals surface area contributed by atoms with Gasteiger partial charge in [0.25, 0.3) is 0 Å². The van der Waals surface area contributed by atoms with Crippen molar-refractivity contribution in [2.45, 2.75) is 33.8 Å². The number of ether oxygens (including phenoxy) is 7. The third-order valence-electron chi connectivity index (χ3n) is 3.94. The maximum absolute atomic E-state index is 11.1. The second kappa shape index (κ2) is 23.8. The minimum absolute atomic E-state index is 0.192. The quantitative estimate of drug-likeness (QED) is 0.100. The zero-order valence-electron chi connectivity index (χ0n) is 23.4. The number of carbonyl (C=O) groups is 4. The Morgan fingerprint density at radius 3 is 1.15 bits per heavy atom. The van der Waals surface area contributed by atoms with Gasteiger partial charge in [-0.3, -0.25) is 0 Å². The summed E-state index contributed by atoms with van der Waals surface area (Å²) >= 11 is 0. The number of rotatable bonds is 20. The second-order valence-corrected chi connectivity index (χ2v) is 8.04. The van der Waals surface area contributed by atoms with Crippen LogP contribution in [0.3, 0.4) is 0 Å². The lowest BCUT2D eigenvalue weighted by Crippen LogP contribution is -2.28. The van der Waals surface area contributed by atoms with Gasteiger partial charge < -0.3 is 38.3 Å². The van der Waals surface area contributed by atoms with Crippen molar-refractivity contribution in [1.29, 1.82) is 0 Å². The van der Waals surface area contributed by atoms with E-state index < -0.39 is 36.6 Å². The molecule has 0 bridgehead atoms. The van der Waals surface area contributed by atoms with Gasteiger partial charge >= 0.3 is 23.9 Å². The summed E-state index contributed by atoms with van der Waals surface area (Å²) in [6.45, 7) is 21.9. The second-order valence-electron chi connectivity index (χ2n) is 8.04. The SMILES string of the molecule is C=C(C)C(=O)OCC(CO)OC(=O)C(=C)C.C=C(C)C(=O)OCCOCCOCCOCCOC(=O)C(=C)C. The summed E-state index contributed by atoms with van der Waals surface area (Å²) in [5.41, 5.74) is 1.18. The smallest absolute Gasteiger partial charge is 0.333 e. The van der Waals surface area contributed by atoms with Crippen LogP contribution in [0, 0.1) is 0 Å². The van der Waals surface area contributed by atoms with Gasteiger partial charge in [0, 0.05) is 22.3 Å². The Kier molecular flexibility index (Phi) is 23.1. The van der Waals surface area contributed by atoms with Gasteiger partial charge in [-0.2, -0.15) is 0 Å². The van der Waals surface area contributed by atoms with E-state index in [1.807, 2.05) is 0 Å². The molecule has 12 heteroatoms. The molecular weight excluding hydrogens is 516 g/mol. The Morgan fingerprint density at radius 1 is 0.538 bits per heavy atom. The van der Waals surface area contributed by atoms with Crippen LogP contribution in [-0.4, -0.2) is 101 Å². The molecular formula is C27H42O12. The van der Waals surface area contributed by atoms with E-state index in [2.05, 4.69) is 26.3 Å². The first kappa shape index (κ1) is 37.8. The molecule has 1 unspecified atom stereocenters. The molecule has 222 valence electrons. The Bertz CT molecular complexity index is 795. The van der Waals surface area contributed by atoms with Gasteiger partial charge in [0.15, 0.2) is 6.10 Å². The van der Waals surface area contributed by atoms with Gasteiger partial charge in [-0.15, -0.1) is 0 Å². The number of esters is 4. The zero-order chi connectivity index (χ0) is 30.2. The van der Waals surface area contributed by atoms with Crippen LogP contribution in [0.25, 0.3) is 0 Å². The van der Waals surface area contributed by atoms with Crippen molar-refractivity contribution in [3.63, 3.8) is 0 Å². The number of carbonyl (C=O) groups excluding carboxylic acids is 4. The van der Waals surface area contributed by atoms with E-state index in [0.29, 0.717) is 50.8 Å². The van der Waals surface area contributed by atoms with Gasteiger partial charge in [-0.25, -0.2) is 19.2 Å². The molecule has 0 aliphatic heterocycles. The summed E-state index contributed by atoms with van der Waals surface area (Å²) in [7, 11) is 0. The van der Waals surface area contributed by atoms with Crippen molar-refractivity contribution in [2.24, 2.45) is 0 Å². The number of hydrogen-bond donors (Lipinski definition) is 1. The van der Waals surface area contributed by atoms with Crippen molar-refractivity contribution in [3.8, 4) is 0 Å². The molecule has 1 atom stereocenters. The lowest BCUT2D eigenvalue weighted by atomic mass is 10.3. The predicted molar refractivity (Wildman–Crippen MR) is 142 cm³/mol. The molecule has 0 aromatic carbocycles. The van der Waals surface area contributed by atoms with Crippen LogP contribution in [0.2, 0.25) is 0 Å². The minimum Gasteiger partial charge on any atom is -0.460 e. The topological polar surface area (TPSA) is 153 Å². The van der Waals surface area contributed by atoms with Crippen molar-refractivity contribution in [3.05, 3.63) is 48.6 Å². The predicted octanol–water partition coefficient (Wildman–Crippen LogP) is 1.86. The first-order valence-electron chi connectivity index (χ1n) is 12.0. The maximum atomic E-state index is 11.1. The monoisotopic (exact) mass is 558 g/mol. The molecule has 12 nitrogen and oxygen atoms in total. The van der Waals surface area contributed by atoms with Crippen LogP contribution in [0.5, 0.6) is 0 Å². The van der Waals surface area contributed by atoms with Crippen LogP contribution in [0.15, 0.2) is 48.6 Å². The fraction of sp³-hybridized carbons (Fsp3) is 0.556. The van der Waals surface area contributed by atoms with Crippen LogP contribution in [0.4, 0.5) is 0 Å². The van der Waals surface area contributed by atoms with Gasteiger partial charge in [0.1, 0.15) is 19.8 Å². The van der Waals surface area contributed by atoms with Crippen molar-refractivity contribution in [1.82, 2.24) is 0 Å². The zero-order valence-corrected chi connectivity index (χ0v) is 23.4. The Balaban J connectivity index is 0. The number of aliphatic hydroxyl groups excluding tert-OH is 1. The largest absolute Gasteiger partial charge is 0.460 e. The molecule has 0 amide bonds. The van der Waals surface area contributed by atoms with Crippen LogP contribution < -0.4 is 0 Å². The molecule has 39 heavy (non-hydrogen) atoms. The molecule has 0 aliphatic rings. The fourth-order valence-electron chi connectivity index (χ4n) is 1.84. The highest BCUT2D eigenvalue weighted by molar-refractivity contribution is 5.88. The number of hydrogen-bond acceptors (Lipinski definition) is 12. The van der Waals surface area contributed by atoms with E-state index >= 15 is 0 Å². The van der Waals surface area contributed by atoms with Gasteiger partial charge in [0.2, 0.25) is 0 Å². The van der Waals surface area contributed by atoms with Crippen molar-refractivity contribution >= 4 is 23.9 Å². The van der Waals surface area contributed by atoms with Crippen LogP contribution in [-0.2, 0) is 52.3 Å². The summed E-state index contributed by atoms with van der Waals surface area (Å²) in [5.74, 6) is -2.07. The first-order valence-corrected chi connectivity index (χ1v) is 12.0. The first-order chi connectivity index (χ1) is 18.3. The molecule has 0 aliphatic carbocycles. The molecule has 1 N–H and O–H groups in total. The van der Waals surface area contributed by atoms with E-state index in [1.165, 1.54) is 13.8 Å². The molecule has 0 aromatic heterocycles. The summed E-state index contributed by atoms with van der Waals surface area (Å²) in [6, 6.07) is 0. The van der Waals surface area contributed by atoms with Crippen LogP contribution >= 0.6 is 0 Å². The highest BCUT2D eigenvalue weighted by Crippen LogP contribution is 2.01. The standard InChI is InChI=1S/C16H26O7.C11H16O5/c1-13(2)15(17)22-11-9-20-7-5-19-6-8-21-10-12-23-16(18)14(3)4;1-7(2)10(13)15-6-9(5-12)16-11(14)8(3)4/h1,3,5-12H2,2,4H3;9,12H,1,3,5-6H2,2,4H3. The van der Waals surface area contributed by atoms with Gasteiger partial charge in [-0.1, -0.05) is 26.3 Å².